The van der Waals surface area contributed by atoms with E-state index in [1.165, 1.54) is 12.4 Å². The third kappa shape index (κ3) is 3.24. The van der Waals surface area contributed by atoms with Gasteiger partial charge in [-0.05, 0) is 24.1 Å². The molecule has 2 heterocycles. The first-order chi connectivity index (χ1) is 8.75. The molecule has 0 amide bonds. The number of carboxylic acid groups (broad SMARTS) is 1. The van der Waals surface area contributed by atoms with Gasteiger partial charge >= 0.3 is 5.97 Å². The summed E-state index contributed by atoms with van der Waals surface area (Å²) in [5.41, 5.74) is 1.09. The highest BCUT2D eigenvalue weighted by Crippen LogP contribution is 2.03. The topological polar surface area (TPSA) is 88.0 Å². The van der Waals surface area contributed by atoms with Crippen LogP contribution in [-0.2, 0) is 6.42 Å². The summed E-state index contributed by atoms with van der Waals surface area (Å²) in [4.78, 5) is 22.4. The summed E-state index contributed by atoms with van der Waals surface area (Å²) >= 11 is 0. The summed E-state index contributed by atoms with van der Waals surface area (Å²) in [6, 6.07) is 3.86. The van der Waals surface area contributed by atoms with Gasteiger partial charge < -0.3 is 10.4 Å². The van der Waals surface area contributed by atoms with Gasteiger partial charge in [-0.25, -0.2) is 9.78 Å². The Balaban J connectivity index is 1.90. The lowest BCUT2D eigenvalue weighted by Gasteiger charge is -2.05. The molecule has 0 aliphatic heterocycles. The molecule has 2 N–H and O–H groups in total. The number of pyridine rings is 1. The normalized spacial score (nSPS) is 10.0. The first-order valence-electron chi connectivity index (χ1n) is 5.44. The minimum atomic E-state index is -1.08. The molecule has 0 spiro atoms. The van der Waals surface area contributed by atoms with E-state index in [0.717, 1.165) is 12.0 Å². The fraction of sp³-hybridized carbons (Fsp3) is 0.167. The predicted octanol–water partition coefficient (Wildman–Crippen LogP) is 1.22. The number of carboxylic acids is 1. The van der Waals surface area contributed by atoms with E-state index in [1.54, 1.807) is 12.4 Å². The van der Waals surface area contributed by atoms with Crippen LogP contribution in [-0.4, -0.2) is 32.6 Å². The Kier molecular flexibility index (Phi) is 3.80. The maximum Gasteiger partial charge on any atom is 0.356 e. The van der Waals surface area contributed by atoms with Gasteiger partial charge in [-0.2, -0.15) is 0 Å². The molecule has 0 unspecified atom stereocenters. The lowest BCUT2D eigenvalue weighted by atomic mass is 10.2. The fourth-order valence-electron chi connectivity index (χ4n) is 1.44. The number of hydrogen-bond donors (Lipinski definition) is 2. The zero-order valence-corrected chi connectivity index (χ0v) is 9.58. The van der Waals surface area contributed by atoms with Crippen molar-refractivity contribution >= 4 is 11.8 Å². The minimum Gasteiger partial charge on any atom is -0.476 e. The van der Waals surface area contributed by atoms with E-state index < -0.39 is 5.97 Å². The molecule has 2 aromatic heterocycles. The second-order valence-electron chi connectivity index (χ2n) is 3.63. The smallest absolute Gasteiger partial charge is 0.356 e. The van der Waals surface area contributed by atoms with Crippen molar-refractivity contribution in [3.63, 3.8) is 0 Å². The van der Waals surface area contributed by atoms with Crippen molar-refractivity contribution in [1.82, 2.24) is 15.0 Å². The van der Waals surface area contributed by atoms with Gasteiger partial charge in [0.1, 0.15) is 5.82 Å². The first kappa shape index (κ1) is 12.0. The van der Waals surface area contributed by atoms with Gasteiger partial charge in [0.15, 0.2) is 5.69 Å². The van der Waals surface area contributed by atoms with E-state index in [1.807, 2.05) is 12.1 Å². The Bertz CT molecular complexity index is 531. The Morgan fingerprint density at radius 2 is 2.00 bits per heavy atom. The van der Waals surface area contributed by atoms with Crippen molar-refractivity contribution in [2.24, 2.45) is 0 Å². The number of nitrogens with one attached hydrogen (secondary N) is 1. The lowest BCUT2D eigenvalue weighted by Crippen LogP contribution is -2.09. The molecule has 92 valence electrons. The molecule has 0 radical (unpaired) electrons. The van der Waals surface area contributed by atoms with E-state index in [-0.39, 0.29) is 5.69 Å². The van der Waals surface area contributed by atoms with Crippen LogP contribution in [0.15, 0.2) is 36.9 Å². The van der Waals surface area contributed by atoms with Crippen LogP contribution in [0.25, 0.3) is 0 Å². The second kappa shape index (κ2) is 5.72. The van der Waals surface area contributed by atoms with Crippen molar-refractivity contribution in [1.29, 1.82) is 0 Å². The van der Waals surface area contributed by atoms with Gasteiger partial charge in [0.25, 0.3) is 0 Å². The van der Waals surface area contributed by atoms with E-state index in [0.29, 0.717) is 12.4 Å². The molecule has 0 atom stereocenters. The van der Waals surface area contributed by atoms with Crippen LogP contribution in [0, 0.1) is 0 Å². The Labute approximate surface area is 104 Å². The molecule has 0 aliphatic rings. The lowest BCUT2D eigenvalue weighted by molar-refractivity contribution is 0.0690. The van der Waals surface area contributed by atoms with Gasteiger partial charge in [0.2, 0.25) is 0 Å². The summed E-state index contributed by atoms with van der Waals surface area (Å²) in [6.07, 6.45) is 7.00. The molecule has 6 heteroatoms. The molecular formula is C12H12N4O2. The molecule has 18 heavy (non-hydrogen) atoms. The number of aromatic nitrogens is 3. The van der Waals surface area contributed by atoms with Gasteiger partial charge in [0.05, 0.1) is 12.4 Å². The third-order valence-electron chi connectivity index (χ3n) is 2.32. The highest BCUT2D eigenvalue weighted by atomic mass is 16.4. The average Bonchev–Trinajstić information content (AvgIpc) is 2.40. The number of aromatic carboxylic acids is 1. The van der Waals surface area contributed by atoms with E-state index in [4.69, 9.17) is 5.11 Å². The van der Waals surface area contributed by atoms with Crippen molar-refractivity contribution in [2.75, 3.05) is 11.9 Å². The van der Waals surface area contributed by atoms with Crippen LogP contribution in [0.4, 0.5) is 5.82 Å². The van der Waals surface area contributed by atoms with Crippen LogP contribution in [0.3, 0.4) is 0 Å². The fourth-order valence-corrected chi connectivity index (χ4v) is 1.44. The highest BCUT2D eigenvalue weighted by molar-refractivity contribution is 5.85. The van der Waals surface area contributed by atoms with E-state index >= 15 is 0 Å². The van der Waals surface area contributed by atoms with Gasteiger partial charge in [0, 0.05) is 18.9 Å². The van der Waals surface area contributed by atoms with Crippen LogP contribution < -0.4 is 5.32 Å². The summed E-state index contributed by atoms with van der Waals surface area (Å²) in [5, 5.41) is 11.8. The maximum absolute atomic E-state index is 10.7. The Morgan fingerprint density at radius 1 is 1.22 bits per heavy atom. The largest absolute Gasteiger partial charge is 0.476 e. The highest BCUT2D eigenvalue weighted by Gasteiger charge is 2.05. The molecule has 0 saturated heterocycles. The van der Waals surface area contributed by atoms with Gasteiger partial charge in [-0.3, -0.25) is 9.97 Å². The van der Waals surface area contributed by atoms with E-state index in [9.17, 15) is 4.79 Å². The summed E-state index contributed by atoms with van der Waals surface area (Å²) < 4.78 is 0. The standard InChI is InChI=1S/C12H12N4O2/c17-12(18)10-7-14-8-11(16-10)15-6-3-9-1-4-13-5-2-9/h1-2,4-5,7-8H,3,6H2,(H,15,16)(H,17,18). The molecule has 2 aromatic rings. The SMILES string of the molecule is O=C(O)c1cncc(NCCc2ccncc2)n1. The number of rotatable bonds is 5. The predicted molar refractivity (Wildman–Crippen MR) is 65.4 cm³/mol. The first-order valence-corrected chi connectivity index (χ1v) is 5.44. The quantitative estimate of drug-likeness (QED) is 0.822. The number of carbonyl (C=O) groups is 1. The number of nitrogens with zero attached hydrogens (tertiary/aromatic N) is 3. The average molecular weight is 244 g/mol. The van der Waals surface area contributed by atoms with Crippen molar-refractivity contribution in [3.8, 4) is 0 Å². The van der Waals surface area contributed by atoms with Crippen LogP contribution >= 0.6 is 0 Å². The van der Waals surface area contributed by atoms with Gasteiger partial charge in [-0.1, -0.05) is 0 Å². The van der Waals surface area contributed by atoms with E-state index in [2.05, 4.69) is 20.3 Å². The zero-order chi connectivity index (χ0) is 12.8. The van der Waals surface area contributed by atoms with Crippen LogP contribution in [0.5, 0.6) is 0 Å². The Morgan fingerprint density at radius 3 is 2.72 bits per heavy atom. The van der Waals surface area contributed by atoms with Crippen LogP contribution in [0.2, 0.25) is 0 Å². The summed E-state index contributed by atoms with van der Waals surface area (Å²) in [7, 11) is 0. The molecule has 0 bridgehead atoms. The molecule has 0 fully saturated rings. The number of anilines is 1. The maximum atomic E-state index is 10.7. The van der Waals surface area contributed by atoms with Crippen LogP contribution in [0.1, 0.15) is 16.1 Å². The number of hydrogen-bond acceptors (Lipinski definition) is 5. The summed E-state index contributed by atoms with van der Waals surface area (Å²) in [5.74, 6) is -0.621. The van der Waals surface area contributed by atoms with Crippen molar-refractivity contribution in [2.45, 2.75) is 6.42 Å². The molecule has 0 aromatic carbocycles. The minimum absolute atomic E-state index is 0.0658. The zero-order valence-electron chi connectivity index (χ0n) is 9.58. The molecule has 6 nitrogen and oxygen atoms in total. The molecular weight excluding hydrogens is 232 g/mol. The second-order valence-corrected chi connectivity index (χ2v) is 3.63. The molecule has 0 saturated carbocycles. The monoisotopic (exact) mass is 244 g/mol. The van der Waals surface area contributed by atoms with Crippen molar-refractivity contribution < 1.29 is 9.90 Å². The van der Waals surface area contributed by atoms with Gasteiger partial charge in [-0.15, -0.1) is 0 Å². The van der Waals surface area contributed by atoms with Crippen molar-refractivity contribution in [3.05, 3.63) is 48.2 Å². The Hall–Kier alpha value is -2.50. The molecule has 2 rings (SSSR count). The summed E-state index contributed by atoms with van der Waals surface area (Å²) in [6.45, 7) is 0.655. The third-order valence-corrected chi connectivity index (χ3v) is 2.32. The molecule has 0 aliphatic carbocycles.